The molecular weight excluding hydrogens is 247 g/mol. The van der Waals surface area contributed by atoms with Gasteiger partial charge in [0.2, 0.25) is 0 Å². The summed E-state index contributed by atoms with van der Waals surface area (Å²) in [6.07, 6.45) is 0. The molecule has 0 atom stereocenters. The summed E-state index contributed by atoms with van der Waals surface area (Å²) in [6, 6.07) is 2.08. The van der Waals surface area contributed by atoms with Crippen LogP contribution in [0.4, 0.5) is 0 Å². The van der Waals surface area contributed by atoms with Crippen molar-refractivity contribution in [1.29, 1.82) is 0 Å². The predicted molar refractivity (Wildman–Crippen MR) is 55.6 cm³/mol. The van der Waals surface area contributed by atoms with Gasteiger partial charge >= 0.3 is 105 Å². The molecule has 9 heteroatoms. The molecule has 0 unspecified atom stereocenters. The molecule has 0 spiro atoms. The summed E-state index contributed by atoms with van der Waals surface area (Å²) < 4.78 is 31.1. The zero-order valence-electron chi connectivity index (χ0n) is 8.54. The average Bonchev–Trinajstić information content (AvgIpc) is 2.14. The fourth-order valence-electron chi connectivity index (χ4n) is 1.38. The number of hydrogen-bond donors (Lipinski definition) is 3. The molecule has 1 aromatic carbocycles. The quantitative estimate of drug-likeness (QED) is 0.470. The monoisotopic (exact) mass is 252 g/mol. The second kappa shape index (κ2) is 4.50. The molecule has 0 aromatic heterocycles. The van der Waals surface area contributed by atoms with Gasteiger partial charge in [-0.3, -0.25) is 0 Å². The van der Waals surface area contributed by atoms with Gasteiger partial charge in [0.15, 0.2) is 0 Å². The van der Waals surface area contributed by atoms with Gasteiger partial charge in [-0.1, -0.05) is 0 Å². The number of benzene rings is 1. The molecule has 0 saturated carbocycles. The van der Waals surface area contributed by atoms with Crippen LogP contribution in [0.3, 0.4) is 0 Å². The van der Waals surface area contributed by atoms with Crippen LogP contribution in [0.1, 0.15) is 20.7 Å². The zero-order chi connectivity index (χ0) is 13.4. The van der Waals surface area contributed by atoms with Gasteiger partial charge in [0.25, 0.3) is 0 Å². The number of aromatic carboxylic acids is 2. The van der Waals surface area contributed by atoms with E-state index in [9.17, 15) is 18.0 Å². The van der Waals surface area contributed by atoms with E-state index in [0.717, 1.165) is 12.1 Å². The molecular formula is C8H5LiO7S. The third-order valence-electron chi connectivity index (χ3n) is 2.07. The van der Waals surface area contributed by atoms with E-state index in [2.05, 4.69) is 0 Å². The molecule has 0 radical (unpaired) electrons. The van der Waals surface area contributed by atoms with E-state index >= 15 is 0 Å². The number of carbonyl (C=O) groups is 2. The fraction of sp³-hybridized carbons (Fsp3) is 0. The third kappa shape index (κ3) is 2.67. The normalized spacial score (nSPS) is 11.2. The molecule has 17 heavy (non-hydrogen) atoms. The van der Waals surface area contributed by atoms with E-state index in [-0.39, 0.29) is 4.24 Å². The van der Waals surface area contributed by atoms with Crippen LogP contribution in [-0.4, -0.2) is 52.8 Å². The summed E-state index contributed by atoms with van der Waals surface area (Å²) in [4.78, 5) is 20.6. The van der Waals surface area contributed by atoms with Gasteiger partial charge in [0.1, 0.15) is 0 Å². The van der Waals surface area contributed by atoms with Crippen molar-refractivity contribution in [2.45, 2.75) is 4.90 Å². The minimum atomic E-state index is -4.94. The van der Waals surface area contributed by atoms with Gasteiger partial charge < -0.3 is 0 Å². The van der Waals surface area contributed by atoms with Crippen LogP contribution in [-0.2, 0) is 10.1 Å². The Morgan fingerprint density at radius 1 is 1.12 bits per heavy atom. The summed E-state index contributed by atoms with van der Waals surface area (Å²) in [5.74, 6) is -3.27. The first kappa shape index (κ1) is 13.7. The van der Waals surface area contributed by atoms with Gasteiger partial charge in [-0.2, -0.15) is 0 Å². The molecule has 0 amide bonds. The van der Waals surface area contributed by atoms with Crippen molar-refractivity contribution in [2.75, 3.05) is 0 Å². The standard InChI is InChI=1S/C8H5O7S.Li/c9-7(10)4-2-1-3-5(8(11)12)6(4)16(13,14)15;/h1-2H,(H,9,10)(H,11,12)(H,13,14,15);. The van der Waals surface area contributed by atoms with Crippen LogP contribution in [0.15, 0.2) is 17.0 Å². The van der Waals surface area contributed by atoms with E-state index in [4.69, 9.17) is 14.8 Å². The van der Waals surface area contributed by atoms with E-state index in [1.807, 2.05) is 0 Å². The summed E-state index contributed by atoms with van der Waals surface area (Å²) in [5, 5.41) is 17.6. The Hall–Kier alpha value is -1.33. The molecule has 1 aromatic rings. The fourth-order valence-corrected chi connectivity index (χ4v) is 2.32. The van der Waals surface area contributed by atoms with Crippen molar-refractivity contribution < 1.29 is 32.8 Å². The van der Waals surface area contributed by atoms with Crippen LogP contribution in [0.2, 0.25) is 0 Å². The van der Waals surface area contributed by atoms with Crippen molar-refractivity contribution in [2.24, 2.45) is 0 Å². The van der Waals surface area contributed by atoms with E-state index in [1.165, 1.54) is 17.7 Å². The van der Waals surface area contributed by atoms with E-state index in [0.29, 0.717) is 0 Å². The van der Waals surface area contributed by atoms with Crippen molar-refractivity contribution in [1.82, 2.24) is 0 Å². The maximum atomic E-state index is 11.1. The first-order valence-electron chi connectivity index (χ1n) is 4.24. The molecule has 0 aliphatic rings. The molecule has 0 fully saturated rings. The van der Waals surface area contributed by atoms with Gasteiger partial charge in [-0.05, 0) is 0 Å². The molecule has 0 aliphatic carbocycles. The van der Waals surface area contributed by atoms with Crippen LogP contribution in [0.25, 0.3) is 0 Å². The minimum absolute atomic E-state index is 0.0372. The molecule has 0 bridgehead atoms. The summed E-state index contributed by atoms with van der Waals surface area (Å²) >= 11 is 1.30. The Morgan fingerprint density at radius 3 is 2.00 bits per heavy atom. The Kier molecular flexibility index (Phi) is 3.64. The number of hydrogen-bond acceptors (Lipinski definition) is 4. The van der Waals surface area contributed by atoms with Crippen LogP contribution in [0, 0.1) is 0 Å². The Balaban J connectivity index is 3.88. The molecule has 0 heterocycles. The van der Waals surface area contributed by atoms with Crippen LogP contribution < -0.4 is 4.24 Å². The summed E-state index contributed by atoms with van der Waals surface area (Å²) in [6.45, 7) is 0. The van der Waals surface area contributed by atoms with Gasteiger partial charge in [-0.15, -0.1) is 0 Å². The molecule has 7 nitrogen and oxygen atoms in total. The second-order valence-electron chi connectivity index (χ2n) is 3.22. The van der Waals surface area contributed by atoms with Crippen LogP contribution >= 0.6 is 0 Å². The first-order valence-corrected chi connectivity index (χ1v) is 5.68. The number of carboxylic acids is 2. The number of carboxylic acid groups (broad SMARTS) is 2. The van der Waals surface area contributed by atoms with E-state index in [1.54, 1.807) is 0 Å². The predicted octanol–water partition coefficient (Wildman–Crippen LogP) is -0.876. The second-order valence-corrected chi connectivity index (χ2v) is 4.58. The molecule has 1 rings (SSSR count). The Labute approximate surface area is 105 Å². The van der Waals surface area contributed by atoms with Crippen molar-refractivity contribution in [3.63, 3.8) is 0 Å². The van der Waals surface area contributed by atoms with Crippen molar-refractivity contribution in [3.05, 3.63) is 23.3 Å². The zero-order valence-corrected chi connectivity index (χ0v) is 9.35. The van der Waals surface area contributed by atoms with Gasteiger partial charge in [0, 0.05) is 0 Å². The van der Waals surface area contributed by atoms with Gasteiger partial charge in [-0.25, -0.2) is 0 Å². The van der Waals surface area contributed by atoms with Crippen molar-refractivity contribution >= 4 is 44.0 Å². The topological polar surface area (TPSA) is 129 Å². The van der Waals surface area contributed by atoms with Crippen molar-refractivity contribution in [3.8, 4) is 0 Å². The molecule has 0 saturated heterocycles. The maximum absolute atomic E-state index is 11.1. The SMILES string of the molecule is [Li][c]1ccc(C(=O)O)c(S(=O)(=O)O)c1C(=O)O. The Morgan fingerprint density at radius 2 is 1.65 bits per heavy atom. The van der Waals surface area contributed by atoms with E-state index < -0.39 is 38.1 Å². The average molecular weight is 252 g/mol. The molecule has 3 N–H and O–H groups in total. The van der Waals surface area contributed by atoms with Crippen LogP contribution in [0.5, 0.6) is 0 Å². The molecule has 0 aliphatic heterocycles. The van der Waals surface area contributed by atoms with Gasteiger partial charge in [0.05, 0.1) is 0 Å². The first-order chi connectivity index (χ1) is 7.66. The summed E-state index contributed by atoms with van der Waals surface area (Å²) in [7, 11) is -4.94. The number of rotatable bonds is 3. The summed E-state index contributed by atoms with van der Waals surface area (Å²) in [5.41, 5.74) is -1.53. The third-order valence-corrected chi connectivity index (χ3v) is 3.01. The Bertz CT molecular complexity index is 605. The molecule has 86 valence electrons.